The van der Waals surface area contributed by atoms with Crippen molar-refractivity contribution in [3.8, 4) is 0 Å². The van der Waals surface area contributed by atoms with Gasteiger partial charge < -0.3 is 14.8 Å². The number of carbonyl (C=O) groups is 1. The molecule has 1 saturated heterocycles. The van der Waals surface area contributed by atoms with E-state index < -0.39 is 5.41 Å². The van der Waals surface area contributed by atoms with Crippen molar-refractivity contribution >= 4 is 5.97 Å². The molecule has 0 spiro atoms. The van der Waals surface area contributed by atoms with Crippen LogP contribution in [0.1, 0.15) is 20.3 Å². The zero-order valence-corrected chi connectivity index (χ0v) is 9.13. The largest absolute Gasteiger partial charge is 0.469 e. The first-order valence-electron chi connectivity index (χ1n) is 4.96. The minimum absolute atomic E-state index is 0.177. The van der Waals surface area contributed by atoms with Crippen molar-refractivity contribution in [1.82, 2.24) is 5.32 Å². The van der Waals surface area contributed by atoms with Crippen LogP contribution in [0.15, 0.2) is 0 Å². The Hall–Kier alpha value is -0.610. The number of nitrogens with one attached hydrogen (secondary N) is 1. The van der Waals surface area contributed by atoms with Crippen molar-refractivity contribution < 1.29 is 14.3 Å². The smallest absolute Gasteiger partial charge is 0.312 e. The van der Waals surface area contributed by atoms with Gasteiger partial charge in [0.2, 0.25) is 0 Å². The van der Waals surface area contributed by atoms with Gasteiger partial charge in [-0.1, -0.05) is 0 Å². The zero-order chi connectivity index (χ0) is 10.6. The number of hydrogen-bond donors (Lipinski definition) is 1. The first-order valence-corrected chi connectivity index (χ1v) is 4.96. The second-order valence-corrected chi connectivity index (χ2v) is 4.32. The first-order chi connectivity index (χ1) is 6.56. The summed E-state index contributed by atoms with van der Waals surface area (Å²) in [7, 11) is 1.42. The molecule has 0 amide bonds. The second-order valence-electron chi connectivity index (χ2n) is 4.32. The van der Waals surface area contributed by atoms with Gasteiger partial charge in [-0.25, -0.2) is 0 Å². The van der Waals surface area contributed by atoms with E-state index in [0.717, 1.165) is 19.6 Å². The fourth-order valence-corrected chi connectivity index (χ4v) is 1.44. The lowest BCUT2D eigenvalue weighted by Gasteiger charge is -2.23. The molecule has 1 unspecified atom stereocenters. The van der Waals surface area contributed by atoms with Crippen molar-refractivity contribution in [2.24, 2.45) is 5.41 Å². The van der Waals surface area contributed by atoms with Gasteiger partial charge in [0.1, 0.15) is 0 Å². The minimum Gasteiger partial charge on any atom is -0.469 e. The molecule has 0 aromatic carbocycles. The third-order valence-corrected chi connectivity index (χ3v) is 2.50. The van der Waals surface area contributed by atoms with E-state index in [9.17, 15) is 4.79 Å². The van der Waals surface area contributed by atoms with E-state index >= 15 is 0 Å². The number of rotatable bonds is 4. The molecule has 4 nitrogen and oxygen atoms in total. The van der Waals surface area contributed by atoms with Gasteiger partial charge in [0.25, 0.3) is 0 Å². The van der Waals surface area contributed by atoms with Crippen LogP contribution in [0.4, 0.5) is 0 Å². The normalized spacial score (nSPS) is 22.4. The van der Waals surface area contributed by atoms with Gasteiger partial charge in [0.15, 0.2) is 0 Å². The maximum Gasteiger partial charge on any atom is 0.312 e. The number of ether oxygens (including phenoxy) is 2. The number of esters is 1. The van der Waals surface area contributed by atoms with Crippen molar-refractivity contribution in [3.05, 3.63) is 0 Å². The molecule has 1 atom stereocenters. The molecule has 1 rings (SSSR count). The van der Waals surface area contributed by atoms with Gasteiger partial charge in [0.05, 0.1) is 19.1 Å². The number of hydrogen-bond acceptors (Lipinski definition) is 4. The van der Waals surface area contributed by atoms with Crippen LogP contribution in [0.3, 0.4) is 0 Å². The van der Waals surface area contributed by atoms with Gasteiger partial charge in [-0.15, -0.1) is 0 Å². The summed E-state index contributed by atoms with van der Waals surface area (Å²) in [6.45, 7) is 5.95. The Morgan fingerprint density at radius 3 is 2.86 bits per heavy atom. The lowest BCUT2D eigenvalue weighted by Crippen LogP contribution is -2.41. The van der Waals surface area contributed by atoms with Gasteiger partial charge in [0, 0.05) is 19.2 Å². The van der Waals surface area contributed by atoms with E-state index in [2.05, 4.69) is 5.32 Å². The molecule has 0 radical (unpaired) electrons. The number of methoxy groups -OCH3 is 1. The van der Waals surface area contributed by atoms with Crippen molar-refractivity contribution in [2.45, 2.75) is 26.3 Å². The van der Waals surface area contributed by atoms with Gasteiger partial charge in [-0.2, -0.15) is 0 Å². The Balaban J connectivity index is 2.31. The molecule has 0 saturated carbocycles. The predicted molar refractivity (Wildman–Crippen MR) is 53.0 cm³/mol. The van der Waals surface area contributed by atoms with Gasteiger partial charge >= 0.3 is 5.97 Å². The Kier molecular flexibility index (Phi) is 3.89. The maximum absolute atomic E-state index is 11.3. The molecule has 0 bridgehead atoms. The van der Waals surface area contributed by atoms with Crippen molar-refractivity contribution in [1.29, 1.82) is 0 Å². The molecule has 14 heavy (non-hydrogen) atoms. The molecule has 0 aliphatic carbocycles. The summed E-state index contributed by atoms with van der Waals surface area (Å²) in [5.41, 5.74) is -0.461. The molecule has 0 aromatic heterocycles. The van der Waals surface area contributed by atoms with E-state index in [-0.39, 0.29) is 5.97 Å². The summed E-state index contributed by atoms with van der Waals surface area (Å²) in [6.07, 6.45) is 1.03. The molecule has 82 valence electrons. The van der Waals surface area contributed by atoms with Crippen LogP contribution in [0, 0.1) is 5.41 Å². The van der Waals surface area contributed by atoms with E-state index in [1.54, 1.807) is 0 Å². The third kappa shape index (κ3) is 2.96. The number of carbonyl (C=O) groups excluding carboxylic acids is 1. The Bertz CT molecular complexity index is 198. The van der Waals surface area contributed by atoms with Crippen molar-refractivity contribution in [2.75, 3.05) is 26.9 Å². The first kappa shape index (κ1) is 11.5. The molecule has 1 aliphatic rings. The summed E-state index contributed by atoms with van der Waals surface area (Å²) in [5, 5.41) is 3.31. The fourth-order valence-electron chi connectivity index (χ4n) is 1.44. The summed E-state index contributed by atoms with van der Waals surface area (Å²) in [6, 6.07) is 0.388. The standard InChI is InChI=1S/C10H19NO3/c1-10(2,9(12)13-3)7-11-8-4-5-14-6-8/h8,11H,4-7H2,1-3H3. The van der Waals surface area contributed by atoms with Gasteiger partial charge in [-0.3, -0.25) is 4.79 Å². The van der Waals surface area contributed by atoms with E-state index in [1.807, 2.05) is 13.8 Å². The lowest BCUT2D eigenvalue weighted by atomic mass is 9.93. The van der Waals surface area contributed by atoms with E-state index in [1.165, 1.54) is 7.11 Å². The van der Waals surface area contributed by atoms with Crippen LogP contribution >= 0.6 is 0 Å². The Labute approximate surface area is 85.0 Å². The van der Waals surface area contributed by atoms with Crippen molar-refractivity contribution in [3.63, 3.8) is 0 Å². The highest BCUT2D eigenvalue weighted by Gasteiger charge is 2.29. The molecular weight excluding hydrogens is 182 g/mol. The summed E-state index contributed by atoms with van der Waals surface area (Å²) in [5.74, 6) is -0.177. The Morgan fingerprint density at radius 1 is 1.64 bits per heavy atom. The van der Waals surface area contributed by atoms with E-state index in [0.29, 0.717) is 12.6 Å². The molecular formula is C10H19NO3. The van der Waals surface area contributed by atoms with E-state index in [4.69, 9.17) is 9.47 Å². The Morgan fingerprint density at radius 2 is 2.36 bits per heavy atom. The van der Waals surface area contributed by atoms with Gasteiger partial charge in [-0.05, 0) is 20.3 Å². The highest BCUT2D eigenvalue weighted by Crippen LogP contribution is 2.16. The molecule has 1 heterocycles. The average Bonchev–Trinajstić information content (AvgIpc) is 2.66. The van der Waals surface area contributed by atoms with Crippen LogP contribution < -0.4 is 5.32 Å². The van der Waals surface area contributed by atoms with Crippen LogP contribution in [0.25, 0.3) is 0 Å². The SMILES string of the molecule is COC(=O)C(C)(C)CNC1CCOC1. The molecule has 0 aromatic rings. The third-order valence-electron chi connectivity index (χ3n) is 2.50. The summed E-state index contributed by atoms with van der Waals surface area (Å²) >= 11 is 0. The minimum atomic E-state index is -0.461. The summed E-state index contributed by atoms with van der Waals surface area (Å²) < 4.78 is 9.95. The monoisotopic (exact) mass is 201 g/mol. The fraction of sp³-hybridized carbons (Fsp3) is 0.900. The van der Waals surface area contributed by atoms with Crippen LogP contribution in [0.2, 0.25) is 0 Å². The topological polar surface area (TPSA) is 47.6 Å². The molecule has 4 heteroatoms. The summed E-state index contributed by atoms with van der Waals surface area (Å²) in [4.78, 5) is 11.3. The van der Waals surface area contributed by atoms with Crippen LogP contribution in [-0.2, 0) is 14.3 Å². The molecule has 1 N–H and O–H groups in total. The van der Waals surface area contributed by atoms with Crippen LogP contribution in [0.5, 0.6) is 0 Å². The maximum atomic E-state index is 11.3. The predicted octanol–water partition coefficient (Wildman–Crippen LogP) is 0.564. The molecule has 1 fully saturated rings. The zero-order valence-electron chi connectivity index (χ0n) is 9.13. The highest BCUT2D eigenvalue weighted by molar-refractivity contribution is 5.76. The van der Waals surface area contributed by atoms with Crippen LogP contribution in [-0.4, -0.2) is 38.9 Å². The second kappa shape index (κ2) is 4.75. The molecule has 1 aliphatic heterocycles. The average molecular weight is 201 g/mol. The quantitative estimate of drug-likeness (QED) is 0.675. The highest BCUT2D eigenvalue weighted by atomic mass is 16.5. The lowest BCUT2D eigenvalue weighted by molar-refractivity contribution is -0.150.